The minimum atomic E-state index is -0.274. The molecule has 32 heavy (non-hydrogen) atoms. The summed E-state index contributed by atoms with van der Waals surface area (Å²) in [6.45, 7) is 7.07. The Hall–Kier alpha value is -2.28. The molecule has 2 aliphatic rings. The van der Waals surface area contributed by atoms with Crippen molar-refractivity contribution in [2.75, 3.05) is 69.2 Å². The van der Waals surface area contributed by atoms with Gasteiger partial charge in [-0.2, -0.15) is 0 Å². The van der Waals surface area contributed by atoms with Crippen molar-refractivity contribution in [2.45, 2.75) is 12.5 Å². The number of nitrogens with zero attached hydrogens (tertiary/aromatic N) is 7. The molecule has 2 N–H and O–H groups in total. The summed E-state index contributed by atoms with van der Waals surface area (Å²) in [6.07, 6.45) is 6.12. The van der Waals surface area contributed by atoms with E-state index in [0.29, 0.717) is 12.4 Å². The fourth-order valence-corrected chi connectivity index (χ4v) is 4.03. The second-order valence-corrected chi connectivity index (χ2v) is 7.76. The third-order valence-electron chi connectivity index (χ3n) is 5.72. The van der Waals surface area contributed by atoms with Crippen molar-refractivity contribution in [1.82, 2.24) is 30.5 Å². The van der Waals surface area contributed by atoms with Crippen molar-refractivity contribution in [3.63, 3.8) is 0 Å². The van der Waals surface area contributed by atoms with Crippen LogP contribution in [0.2, 0.25) is 0 Å². The zero-order valence-corrected chi connectivity index (χ0v) is 20.7. The fourth-order valence-electron chi connectivity index (χ4n) is 4.03. The van der Waals surface area contributed by atoms with Crippen LogP contribution in [0.1, 0.15) is 6.42 Å². The van der Waals surface area contributed by atoms with E-state index in [9.17, 15) is 4.39 Å². The van der Waals surface area contributed by atoms with Crippen molar-refractivity contribution in [2.24, 2.45) is 4.99 Å². The van der Waals surface area contributed by atoms with Gasteiger partial charge in [0, 0.05) is 84.0 Å². The summed E-state index contributed by atoms with van der Waals surface area (Å²) >= 11 is 0. The topological polar surface area (TPSA) is 84.8 Å². The maximum atomic E-state index is 14.0. The summed E-state index contributed by atoms with van der Waals surface area (Å²) in [7, 11) is 1.78. The van der Waals surface area contributed by atoms with Gasteiger partial charge in [-0.25, -0.2) is 19.3 Å². The van der Waals surface area contributed by atoms with Crippen molar-refractivity contribution < 1.29 is 4.39 Å². The lowest BCUT2D eigenvalue weighted by atomic mass is 10.3. The highest BCUT2D eigenvalue weighted by molar-refractivity contribution is 14.0. The first kappa shape index (κ1) is 24.4. The third kappa shape index (κ3) is 6.37. The lowest BCUT2D eigenvalue weighted by Gasteiger charge is -2.34. The number of guanidine groups is 1. The van der Waals surface area contributed by atoms with E-state index in [0.717, 1.165) is 64.1 Å². The van der Waals surface area contributed by atoms with Gasteiger partial charge < -0.3 is 20.4 Å². The normalized spacial score (nSPS) is 19.6. The fraction of sp³-hybridized carbons (Fsp3) is 0.524. The number of halogens is 2. The largest absolute Gasteiger partial charge is 0.355 e. The van der Waals surface area contributed by atoms with Crippen molar-refractivity contribution >= 4 is 41.7 Å². The summed E-state index contributed by atoms with van der Waals surface area (Å²) in [5.41, 5.74) is 0. The SMILES string of the molecule is CN=C(NCCN1CCN(c2ncccn2)CC1)NC1CCN(c2ncccc2F)C1.I. The molecule has 174 valence electrons. The Balaban J connectivity index is 0.00000289. The molecule has 2 saturated heterocycles. The molecule has 0 aromatic carbocycles. The number of rotatable bonds is 6. The molecule has 0 aliphatic carbocycles. The van der Waals surface area contributed by atoms with Crippen LogP contribution >= 0.6 is 24.0 Å². The molecule has 0 radical (unpaired) electrons. The summed E-state index contributed by atoms with van der Waals surface area (Å²) in [6, 6.07) is 5.12. The van der Waals surface area contributed by atoms with Crippen molar-refractivity contribution in [1.29, 1.82) is 0 Å². The van der Waals surface area contributed by atoms with E-state index < -0.39 is 0 Å². The van der Waals surface area contributed by atoms with Crippen LogP contribution < -0.4 is 20.4 Å². The zero-order valence-electron chi connectivity index (χ0n) is 18.3. The van der Waals surface area contributed by atoms with Gasteiger partial charge in [-0.3, -0.25) is 9.89 Å². The van der Waals surface area contributed by atoms with Gasteiger partial charge in [-0.1, -0.05) is 0 Å². The predicted molar refractivity (Wildman–Crippen MR) is 135 cm³/mol. The molecular formula is C21H31FIN9. The minimum Gasteiger partial charge on any atom is -0.355 e. The van der Waals surface area contributed by atoms with E-state index in [4.69, 9.17) is 0 Å². The number of piperazine rings is 1. The first-order valence-electron chi connectivity index (χ1n) is 10.8. The number of nitrogens with one attached hydrogen (secondary N) is 2. The van der Waals surface area contributed by atoms with Crippen LogP contribution in [0.4, 0.5) is 16.2 Å². The molecule has 4 heterocycles. The van der Waals surface area contributed by atoms with Gasteiger partial charge in [0.15, 0.2) is 17.6 Å². The molecule has 0 spiro atoms. The number of hydrogen-bond acceptors (Lipinski definition) is 7. The van der Waals surface area contributed by atoms with Gasteiger partial charge in [0.1, 0.15) is 0 Å². The monoisotopic (exact) mass is 555 g/mol. The summed E-state index contributed by atoms with van der Waals surface area (Å²) in [4.78, 5) is 23.8. The highest BCUT2D eigenvalue weighted by Gasteiger charge is 2.26. The molecule has 2 fully saturated rings. The predicted octanol–water partition coefficient (Wildman–Crippen LogP) is 1.19. The molecule has 1 unspecified atom stereocenters. The molecule has 0 bridgehead atoms. The summed E-state index contributed by atoms with van der Waals surface area (Å²) < 4.78 is 14.0. The standard InChI is InChI=1S/C21H30FN9.HI/c1-23-20(28-17-5-10-31(16-17)19-18(22)4-2-6-24-19)25-9-11-29-12-14-30(15-13-29)21-26-7-3-8-27-21;/h2-4,6-8,17H,5,9-16H2,1H3,(H2,23,25,28);1H. The molecule has 11 heteroatoms. The Morgan fingerprint density at radius 2 is 1.81 bits per heavy atom. The average Bonchev–Trinajstić information content (AvgIpc) is 3.28. The van der Waals surface area contributed by atoms with Crippen LogP contribution in [0.3, 0.4) is 0 Å². The molecule has 4 rings (SSSR count). The van der Waals surface area contributed by atoms with E-state index in [-0.39, 0.29) is 35.8 Å². The van der Waals surface area contributed by atoms with E-state index in [2.05, 4.69) is 40.4 Å². The van der Waals surface area contributed by atoms with Crippen LogP contribution in [-0.2, 0) is 0 Å². The lowest BCUT2D eigenvalue weighted by Crippen LogP contribution is -2.50. The van der Waals surface area contributed by atoms with Crippen LogP contribution in [0.15, 0.2) is 41.8 Å². The third-order valence-corrected chi connectivity index (χ3v) is 5.72. The Bertz CT molecular complexity index is 861. The first-order valence-corrected chi connectivity index (χ1v) is 10.8. The molecule has 9 nitrogen and oxygen atoms in total. The number of pyridine rings is 1. The molecule has 0 amide bonds. The minimum absolute atomic E-state index is 0. The van der Waals surface area contributed by atoms with Gasteiger partial charge in [-0.05, 0) is 24.6 Å². The Morgan fingerprint density at radius 1 is 1.06 bits per heavy atom. The number of anilines is 2. The zero-order chi connectivity index (χ0) is 21.5. The quantitative estimate of drug-likeness (QED) is 0.313. The van der Waals surface area contributed by atoms with E-state index in [1.165, 1.54) is 6.07 Å². The molecular weight excluding hydrogens is 524 g/mol. The molecule has 2 aliphatic heterocycles. The molecule has 2 aromatic rings. The van der Waals surface area contributed by atoms with Gasteiger partial charge in [-0.15, -0.1) is 24.0 Å². The van der Waals surface area contributed by atoms with Gasteiger partial charge in [0.2, 0.25) is 5.95 Å². The van der Waals surface area contributed by atoms with Crippen LogP contribution in [0, 0.1) is 5.82 Å². The molecule has 0 saturated carbocycles. The van der Waals surface area contributed by atoms with Crippen molar-refractivity contribution in [3.05, 3.63) is 42.6 Å². The average molecular weight is 555 g/mol. The van der Waals surface area contributed by atoms with E-state index in [1.54, 1.807) is 31.7 Å². The molecule has 1 atom stereocenters. The maximum Gasteiger partial charge on any atom is 0.225 e. The first-order chi connectivity index (χ1) is 15.2. The smallest absolute Gasteiger partial charge is 0.225 e. The Morgan fingerprint density at radius 3 is 2.53 bits per heavy atom. The van der Waals surface area contributed by atoms with Crippen LogP contribution in [0.25, 0.3) is 0 Å². The van der Waals surface area contributed by atoms with Gasteiger partial charge in [0.25, 0.3) is 0 Å². The lowest BCUT2D eigenvalue weighted by molar-refractivity contribution is 0.260. The second-order valence-electron chi connectivity index (χ2n) is 7.76. The van der Waals surface area contributed by atoms with Crippen LogP contribution in [-0.4, -0.2) is 91.3 Å². The second kappa shape index (κ2) is 12.1. The van der Waals surface area contributed by atoms with E-state index in [1.807, 2.05) is 11.0 Å². The summed E-state index contributed by atoms with van der Waals surface area (Å²) in [5, 5.41) is 6.86. The van der Waals surface area contributed by atoms with Crippen LogP contribution in [0.5, 0.6) is 0 Å². The number of aliphatic imine (C=N–C) groups is 1. The highest BCUT2D eigenvalue weighted by atomic mass is 127. The van der Waals surface area contributed by atoms with Crippen molar-refractivity contribution in [3.8, 4) is 0 Å². The Labute approximate surface area is 205 Å². The Kier molecular flexibility index (Phi) is 9.21. The molecule has 2 aromatic heterocycles. The highest BCUT2D eigenvalue weighted by Crippen LogP contribution is 2.20. The van der Waals surface area contributed by atoms with E-state index >= 15 is 0 Å². The summed E-state index contributed by atoms with van der Waals surface area (Å²) in [5.74, 6) is 1.74. The maximum absolute atomic E-state index is 14.0. The number of aromatic nitrogens is 3. The number of hydrogen-bond donors (Lipinski definition) is 2. The van der Waals surface area contributed by atoms with Gasteiger partial charge >= 0.3 is 0 Å². The van der Waals surface area contributed by atoms with Gasteiger partial charge in [0.05, 0.1) is 0 Å².